The molecule has 0 fully saturated rings. The normalized spacial score (nSPS) is 10.6. The number of nitrogens with two attached hydrogens (primary N) is 1. The molecule has 0 radical (unpaired) electrons. The molecule has 0 saturated heterocycles. The van der Waals surface area contributed by atoms with E-state index in [4.69, 9.17) is 25.4 Å². The van der Waals surface area contributed by atoms with Gasteiger partial charge in [-0.3, -0.25) is 5.41 Å². The van der Waals surface area contributed by atoms with E-state index in [9.17, 15) is 0 Å². The van der Waals surface area contributed by atoms with Crippen LogP contribution in [0.3, 0.4) is 0 Å². The highest BCUT2D eigenvalue weighted by molar-refractivity contribution is 5.95. The first kappa shape index (κ1) is 16.5. The second-order valence-corrected chi connectivity index (χ2v) is 4.66. The molecule has 112 valence electrons. The number of benzene rings is 1. The van der Waals surface area contributed by atoms with Crippen LogP contribution in [0, 0.1) is 19.3 Å². The molecule has 5 heteroatoms. The Morgan fingerprint density at radius 1 is 1.10 bits per heavy atom. The van der Waals surface area contributed by atoms with Crippen molar-refractivity contribution >= 4 is 5.84 Å². The summed E-state index contributed by atoms with van der Waals surface area (Å²) in [4.78, 5) is 0. The number of methoxy groups -OCH3 is 1. The predicted molar refractivity (Wildman–Crippen MR) is 79.7 cm³/mol. The summed E-state index contributed by atoms with van der Waals surface area (Å²) in [7, 11) is 1.66. The lowest BCUT2D eigenvalue weighted by atomic mass is 10.1. The van der Waals surface area contributed by atoms with Gasteiger partial charge in [0.25, 0.3) is 0 Å². The maximum atomic E-state index is 7.46. The smallest absolute Gasteiger partial charge is 0.125 e. The molecule has 0 atom stereocenters. The molecule has 0 aromatic heterocycles. The molecular formula is C15H24N2O3. The quantitative estimate of drug-likeness (QED) is 0.412. The first-order chi connectivity index (χ1) is 9.56. The summed E-state index contributed by atoms with van der Waals surface area (Å²) in [5.41, 5.74) is 8.22. The Labute approximate surface area is 120 Å². The van der Waals surface area contributed by atoms with E-state index < -0.39 is 0 Å². The number of ether oxygens (including phenoxy) is 3. The van der Waals surface area contributed by atoms with Gasteiger partial charge in [-0.1, -0.05) is 0 Å². The number of aryl methyl sites for hydroxylation is 2. The number of rotatable bonds is 9. The van der Waals surface area contributed by atoms with Crippen LogP contribution in [-0.2, 0) is 9.47 Å². The molecule has 20 heavy (non-hydrogen) atoms. The minimum atomic E-state index is 0.0780. The van der Waals surface area contributed by atoms with Gasteiger partial charge in [-0.25, -0.2) is 0 Å². The molecule has 0 aliphatic heterocycles. The van der Waals surface area contributed by atoms with Crippen molar-refractivity contribution in [3.63, 3.8) is 0 Å². The molecule has 0 saturated carbocycles. The van der Waals surface area contributed by atoms with Crippen molar-refractivity contribution < 1.29 is 14.2 Å². The van der Waals surface area contributed by atoms with Gasteiger partial charge in [-0.15, -0.1) is 0 Å². The molecule has 0 spiro atoms. The van der Waals surface area contributed by atoms with E-state index in [2.05, 4.69) is 0 Å². The largest absolute Gasteiger partial charge is 0.493 e. The highest BCUT2D eigenvalue weighted by atomic mass is 16.5. The van der Waals surface area contributed by atoms with Crippen LogP contribution < -0.4 is 10.5 Å². The van der Waals surface area contributed by atoms with Crippen molar-refractivity contribution in [1.82, 2.24) is 0 Å². The van der Waals surface area contributed by atoms with Gasteiger partial charge in [0.1, 0.15) is 11.6 Å². The second kappa shape index (κ2) is 8.55. The van der Waals surface area contributed by atoms with Gasteiger partial charge >= 0.3 is 0 Å². The average Bonchev–Trinajstić information content (AvgIpc) is 2.40. The third-order valence-corrected chi connectivity index (χ3v) is 2.88. The number of hydrogen-bond acceptors (Lipinski definition) is 4. The van der Waals surface area contributed by atoms with Gasteiger partial charge in [-0.2, -0.15) is 0 Å². The van der Waals surface area contributed by atoms with Crippen molar-refractivity contribution in [3.8, 4) is 5.75 Å². The Balaban J connectivity index is 2.42. The summed E-state index contributed by atoms with van der Waals surface area (Å²) in [6.07, 6.45) is 0.830. The first-order valence-electron chi connectivity index (χ1n) is 6.71. The molecule has 3 N–H and O–H groups in total. The van der Waals surface area contributed by atoms with Gasteiger partial charge < -0.3 is 19.9 Å². The Bertz CT molecular complexity index is 424. The fraction of sp³-hybridized carbons (Fsp3) is 0.533. The minimum Gasteiger partial charge on any atom is -0.493 e. The van der Waals surface area contributed by atoms with Gasteiger partial charge in [0.15, 0.2) is 0 Å². The zero-order chi connectivity index (χ0) is 15.0. The predicted octanol–water partition coefficient (Wildman–Crippen LogP) is 2.02. The van der Waals surface area contributed by atoms with E-state index in [1.165, 1.54) is 0 Å². The molecule has 0 aliphatic rings. The van der Waals surface area contributed by atoms with Crippen LogP contribution in [0.15, 0.2) is 12.1 Å². The van der Waals surface area contributed by atoms with Crippen LogP contribution >= 0.6 is 0 Å². The highest BCUT2D eigenvalue weighted by Gasteiger charge is 2.07. The van der Waals surface area contributed by atoms with E-state index in [1.54, 1.807) is 7.11 Å². The maximum absolute atomic E-state index is 7.46. The Hall–Kier alpha value is -1.59. The van der Waals surface area contributed by atoms with Crippen LogP contribution in [0.4, 0.5) is 0 Å². The van der Waals surface area contributed by atoms with E-state index in [0.717, 1.165) is 28.9 Å². The Morgan fingerprint density at radius 2 is 1.75 bits per heavy atom. The van der Waals surface area contributed by atoms with Crippen molar-refractivity contribution in [2.45, 2.75) is 20.3 Å². The summed E-state index contributed by atoms with van der Waals surface area (Å²) < 4.78 is 16.1. The third kappa shape index (κ3) is 5.19. The summed E-state index contributed by atoms with van der Waals surface area (Å²) >= 11 is 0. The van der Waals surface area contributed by atoms with E-state index in [1.807, 2.05) is 26.0 Å². The molecule has 0 bridgehead atoms. The van der Waals surface area contributed by atoms with Gasteiger partial charge in [0.05, 0.1) is 19.8 Å². The molecule has 0 heterocycles. The van der Waals surface area contributed by atoms with Gasteiger partial charge in [-0.05, 0) is 37.1 Å². The van der Waals surface area contributed by atoms with E-state index in [-0.39, 0.29) is 5.84 Å². The fourth-order valence-electron chi connectivity index (χ4n) is 1.91. The van der Waals surface area contributed by atoms with E-state index >= 15 is 0 Å². The van der Waals surface area contributed by atoms with Gasteiger partial charge in [0, 0.05) is 25.7 Å². The minimum absolute atomic E-state index is 0.0780. The highest BCUT2D eigenvalue weighted by Crippen LogP contribution is 2.24. The van der Waals surface area contributed by atoms with Crippen LogP contribution in [0.1, 0.15) is 23.1 Å². The Kier molecular flexibility index (Phi) is 7.04. The van der Waals surface area contributed by atoms with Crippen LogP contribution in [0.2, 0.25) is 0 Å². The van der Waals surface area contributed by atoms with Crippen LogP contribution in [0.5, 0.6) is 5.75 Å². The molecule has 0 aliphatic carbocycles. The van der Waals surface area contributed by atoms with E-state index in [0.29, 0.717) is 26.4 Å². The fourth-order valence-corrected chi connectivity index (χ4v) is 1.91. The molecule has 5 nitrogen and oxygen atoms in total. The lowest BCUT2D eigenvalue weighted by Crippen LogP contribution is -2.12. The summed E-state index contributed by atoms with van der Waals surface area (Å²) in [6.45, 7) is 6.42. The molecule has 0 amide bonds. The molecule has 1 aromatic carbocycles. The zero-order valence-corrected chi connectivity index (χ0v) is 12.5. The second-order valence-electron chi connectivity index (χ2n) is 4.66. The topological polar surface area (TPSA) is 77.6 Å². The molecule has 1 rings (SSSR count). The number of nitrogens with one attached hydrogen (secondary N) is 1. The Morgan fingerprint density at radius 3 is 2.30 bits per heavy atom. The SMILES string of the molecule is COCCOCCCOc1c(C)cc(C(=N)N)cc1C. The van der Waals surface area contributed by atoms with Crippen LogP contribution in [-0.4, -0.2) is 39.4 Å². The van der Waals surface area contributed by atoms with Crippen molar-refractivity contribution in [2.75, 3.05) is 33.5 Å². The third-order valence-electron chi connectivity index (χ3n) is 2.88. The number of nitrogen functional groups attached to an aromatic ring is 1. The first-order valence-corrected chi connectivity index (χ1v) is 6.71. The summed E-state index contributed by atoms with van der Waals surface area (Å²) in [6, 6.07) is 3.75. The van der Waals surface area contributed by atoms with Crippen molar-refractivity contribution in [2.24, 2.45) is 5.73 Å². The average molecular weight is 280 g/mol. The maximum Gasteiger partial charge on any atom is 0.125 e. The molecule has 0 unspecified atom stereocenters. The van der Waals surface area contributed by atoms with Crippen molar-refractivity contribution in [1.29, 1.82) is 5.41 Å². The number of amidine groups is 1. The zero-order valence-electron chi connectivity index (χ0n) is 12.5. The lowest BCUT2D eigenvalue weighted by molar-refractivity contribution is 0.0643. The number of hydrogen-bond donors (Lipinski definition) is 2. The van der Waals surface area contributed by atoms with Gasteiger partial charge in [0.2, 0.25) is 0 Å². The monoisotopic (exact) mass is 280 g/mol. The lowest BCUT2D eigenvalue weighted by Gasteiger charge is -2.13. The standard InChI is InChI=1S/C15H24N2O3/c1-11-9-13(15(16)17)10-12(2)14(11)20-6-4-5-19-8-7-18-3/h9-10H,4-8H2,1-3H3,(H3,16,17). The molecule has 1 aromatic rings. The summed E-state index contributed by atoms with van der Waals surface area (Å²) in [5, 5.41) is 7.46. The summed E-state index contributed by atoms with van der Waals surface area (Å²) in [5.74, 6) is 0.946. The molecular weight excluding hydrogens is 256 g/mol. The van der Waals surface area contributed by atoms with Crippen molar-refractivity contribution in [3.05, 3.63) is 28.8 Å². The van der Waals surface area contributed by atoms with Crippen LogP contribution in [0.25, 0.3) is 0 Å².